The zero-order chi connectivity index (χ0) is 11.3. The van der Waals surface area contributed by atoms with Crippen molar-refractivity contribution < 1.29 is 4.39 Å². The Labute approximate surface area is 90.7 Å². The van der Waals surface area contributed by atoms with Crippen LogP contribution in [0.15, 0.2) is 18.2 Å². The van der Waals surface area contributed by atoms with E-state index >= 15 is 0 Å². The van der Waals surface area contributed by atoms with E-state index in [1.54, 1.807) is 26.0 Å². The molecule has 1 aromatic rings. The van der Waals surface area contributed by atoms with Gasteiger partial charge in [-0.1, -0.05) is 18.1 Å². The van der Waals surface area contributed by atoms with E-state index in [1.165, 1.54) is 0 Å². The molecule has 0 heterocycles. The van der Waals surface area contributed by atoms with Gasteiger partial charge in [0.1, 0.15) is 5.82 Å². The molecular weight excluding hydrogens is 189 g/mol. The molecule has 0 aromatic heterocycles. The van der Waals surface area contributed by atoms with Crippen LogP contribution < -0.4 is 5.32 Å². The molecule has 0 aliphatic rings. The molecule has 1 N–H and O–H groups in total. The van der Waals surface area contributed by atoms with Crippen LogP contribution in [-0.2, 0) is 0 Å². The highest BCUT2D eigenvalue weighted by Gasteiger charge is 2.05. The first-order valence-electron chi connectivity index (χ1n) is 5.04. The summed E-state index contributed by atoms with van der Waals surface area (Å²) in [5, 5.41) is 3.21. The molecule has 0 aliphatic heterocycles. The summed E-state index contributed by atoms with van der Waals surface area (Å²) in [7, 11) is 0. The maximum Gasteiger partial charge on any atom is 0.126 e. The number of benzene rings is 1. The maximum atomic E-state index is 13.3. The Kier molecular flexibility index (Phi) is 4.33. The molecule has 0 fully saturated rings. The second-order valence-electron chi connectivity index (χ2n) is 3.54. The van der Waals surface area contributed by atoms with Crippen LogP contribution in [0.1, 0.15) is 31.0 Å². The Morgan fingerprint density at radius 2 is 2.20 bits per heavy atom. The molecule has 0 spiro atoms. The maximum absolute atomic E-state index is 13.3. The average molecular weight is 205 g/mol. The van der Waals surface area contributed by atoms with E-state index < -0.39 is 0 Å². The second kappa shape index (κ2) is 5.53. The second-order valence-corrected chi connectivity index (χ2v) is 3.54. The van der Waals surface area contributed by atoms with Gasteiger partial charge in [0.2, 0.25) is 0 Å². The normalized spacial score (nSPS) is 11.7. The highest BCUT2D eigenvalue weighted by Crippen LogP contribution is 2.15. The molecule has 1 rings (SSSR count). The van der Waals surface area contributed by atoms with E-state index in [-0.39, 0.29) is 11.9 Å². The minimum atomic E-state index is -0.150. The number of hydrogen-bond acceptors (Lipinski definition) is 1. The van der Waals surface area contributed by atoms with Gasteiger partial charge in [0, 0.05) is 6.04 Å². The van der Waals surface area contributed by atoms with Crippen molar-refractivity contribution in [3.63, 3.8) is 0 Å². The first kappa shape index (κ1) is 11.7. The van der Waals surface area contributed by atoms with Crippen LogP contribution in [0.3, 0.4) is 0 Å². The molecular formula is C13H16FN. The van der Waals surface area contributed by atoms with E-state index in [0.29, 0.717) is 12.1 Å². The van der Waals surface area contributed by atoms with Gasteiger partial charge in [-0.2, -0.15) is 0 Å². The first-order chi connectivity index (χ1) is 7.15. The molecule has 0 saturated carbocycles. The summed E-state index contributed by atoms with van der Waals surface area (Å²) < 4.78 is 13.3. The molecule has 2 heteroatoms. The van der Waals surface area contributed by atoms with Crippen LogP contribution >= 0.6 is 0 Å². The van der Waals surface area contributed by atoms with Gasteiger partial charge in [0.05, 0.1) is 6.54 Å². The Bertz CT molecular complexity index is 387. The summed E-state index contributed by atoms with van der Waals surface area (Å²) in [5.41, 5.74) is 1.63. The zero-order valence-electron chi connectivity index (χ0n) is 9.39. The van der Waals surface area contributed by atoms with Gasteiger partial charge in [-0.3, -0.25) is 5.32 Å². The molecule has 0 radical (unpaired) electrons. The third-order valence-corrected chi connectivity index (χ3v) is 2.37. The van der Waals surface area contributed by atoms with Crippen molar-refractivity contribution in [2.24, 2.45) is 0 Å². The summed E-state index contributed by atoms with van der Waals surface area (Å²) in [6.07, 6.45) is 0. The number of halogens is 1. The fraction of sp³-hybridized carbons (Fsp3) is 0.385. The van der Waals surface area contributed by atoms with Gasteiger partial charge in [-0.15, -0.1) is 5.92 Å². The summed E-state index contributed by atoms with van der Waals surface area (Å²) >= 11 is 0. The van der Waals surface area contributed by atoms with Gasteiger partial charge in [-0.25, -0.2) is 4.39 Å². The lowest BCUT2D eigenvalue weighted by molar-refractivity contribution is 0.592. The van der Waals surface area contributed by atoms with Gasteiger partial charge >= 0.3 is 0 Å². The minimum absolute atomic E-state index is 0.126. The van der Waals surface area contributed by atoms with Crippen molar-refractivity contribution in [3.8, 4) is 11.8 Å². The molecule has 0 aliphatic carbocycles. The quantitative estimate of drug-likeness (QED) is 0.748. The third-order valence-electron chi connectivity index (χ3n) is 2.37. The van der Waals surface area contributed by atoms with E-state index in [4.69, 9.17) is 0 Å². The summed E-state index contributed by atoms with van der Waals surface area (Å²) in [6.45, 7) is 6.20. The summed E-state index contributed by atoms with van der Waals surface area (Å²) in [5.74, 6) is 5.58. The topological polar surface area (TPSA) is 12.0 Å². The van der Waals surface area contributed by atoms with E-state index in [1.807, 2.05) is 13.0 Å². The Morgan fingerprint density at radius 3 is 2.80 bits per heavy atom. The van der Waals surface area contributed by atoms with Crippen LogP contribution in [-0.4, -0.2) is 6.54 Å². The summed E-state index contributed by atoms with van der Waals surface area (Å²) in [4.78, 5) is 0. The summed E-state index contributed by atoms with van der Waals surface area (Å²) in [6, 6.07) is 5.44. The van der Waals surface area contributed by atoms with Crippen molar-refractivity contribution in [3.05, 3.63) is 35.1 Å². The van der Waals surface area contributed by atoms with Crippen molar-refractivity contribution in [2.75, 3.05) is 6.54 Å². The lowest BCUT2D eigenvalue weighted by atomic mass is 10.1. The molecule has 0 bridgehead atoms. The van der Waals surface area contributed by atoms with E-state index in [0.717, 1.165) is 5.56 Å². The zero-order valence-corrected chi connectivity index (χ0v) is 9.39. The molecule has 1 nitrogen and oxygen atoms in total. The number of hydrogen-bond donors (Lipinski definition) is 1. The van der Waals surface area contributed by atoms with Crippen LogP contribution in [0.2, 0.25) is 0 Å². The van der Waals surface area contributed by atoms with Crippen molar-refractivity contribution in [1.82, 2.24) is 5.32 Å². The predicted molar refractivity (Wildman–Crippen MR) is 61.0 cm³/mol. The van der Waals surface area contributed by atoms with Gasteiger partial charge in [0.25, 0.3) is 0 Å². The van der Waals surface area contributed by atoms with E-state index in [2.05, 4.69) is 17.2 Å². The molecule has 1 unspecified atom stereocenters. The minimum Gasteiger partial charge on any atom is -0.300 e. The largest absolute Gasteiger partial charge is 0.300 e. The van der Waals surface area contributed by atoms with Gasteiger partial charge in [-0.05, 0) is 38.0 Å². The SMILES string of the molecule is CC#CCNC(C)c1ccc(C)c(F)c1. The van der Waals surface area contributed by atoms with Crippen molar-refractivity contribution in [2.45, 2.75) is 26.8 Å². The van der Waals surface area contributed by atoms with Crippen molar-refractivity contribution in [1.29, 1.82) is 0 Å². The lowest BCUT2D eigenvalue weighted by Crippen LogP contribution is -2.18. The Balaban J connectivity index is 2.68. The standard InChI is InChI=1S/C13H16FN/c1-4-5-8-15-11(3)12-7-6-10(2)13(14)9-12/h6-7,9,11,15H,8H2,1-3H3. The Hall–Kier alpha value is -1.33. The smallest absolute Gasteiger partial charge is 0.126 e. The first-order valence-corrected chi connectivity index (χ1v) is 5.04. The van der Waals surface area contributed by atoms with Crippen LogP contribution in [0.5, 0.6) is 0 Å². The lowest BCUT2D eigenvalue weighted by Gasteiger charge is -2.12. The van der Waals surface area contributed by atoms with Crippen LogP contribution in [0.4, 0.5) is 4.39 Å². The average Bonchev–Trinajstić information content (AvgIpc) is 2.22. The van der Waals surface area contributed by atoms with Gasteiger partial charge in [0.15, 0.2) is 0 Å². The highest BCUT2D eigenvalue weighted by molar-refractivity contribution is 5.25. The number of rotatable bonds is 3. The monoisotopic (exact) mass is 205 g/mol. The molecule has 80 valence electrons. The molecule has 0 saturated heterocycles. The molecule has 15 heavy (non-hydrogen) atoms. The van der Waals surface area contributed by atoms with Crippen LogP contribution in [0.25, 0.3) is 0 Å². The molecule has 0 amide bonds. The predicted octanol–water partition coefficient (Wildman–Crippen LogP) is 2.81. The fourth-order valence-corrected chi connectivity index (χ4v) is 1.29. The highest BCUT2D eigenvalue weighted by atomic mass is 19.1. The van der Waals surface area contributed by atoms with Gasteiger partial charge < -0.3 is 0 Å². The third kappa shape index (κ3) is 3.38. The number of nitrogens with one attached hydrogen (secondary N) is 1. The fourth-order valence-electron chi connectivity index (χ4n) is 1.29. The number of aryl methyl sites for hydroxylation is 1. The van der Waals surface area contributed by atoms with E-state index in [9.17, 15) is 4.39 Å². The van der Waals surface area contributed by atoms with Crippen LogP contribution in [0, 0.1) is 24.6 Å². The molecule has 1 atom stereocenters. The van der Waals surface area contributed by atoms with Crippen molar-refractivity contribution >= 4 is 0 Å². The Morgan fingerprint density at radius 1 is 1.47 bits per heavy atom. The molecule has 1 aromatic carbocycles.